The molecule has 0 saturated carbocycles. The van der Waals surface area contributed by atoms with Gasteiger partial charge in [0.15, 0.2) is 11.6 Å². The SMILES string of the molecule is C#Cc1cc(F)c(F)cc1-c1cnn(CC(=O)N(C)C)c1. The molecule has 0 spiro atoms. The lowest BCUT2D eigenvalue weighted by molar-refractivity contribution is -0.129. The van der Waals surface area contributed by atoms with E-state index in [1.165, 1.54) is 15.8 Å². The van der Waals surface area contributed by atoms with Gasteiger partial charge in [-0.25, -0.2) is 8.78 Å². The number of amides is 1. The van der Waals surface area contributed by atoms with Gasteiger partial charge in [-0.3, -0.25) is 9.48 Å². The molecule has 1 heterocycles. The topological polar surface area (TPSA) is 38.1 Å². The van der Waals surface area contributed by atoms with E-state index in [2.05, 4.69) is 11.0 Å². The highest BCUT2D eigenvalue weighted by Gasteiger charge is 2.13. The summed E-state index contributed by atoms with van der Waals surface area (Å²) >= 11 is 0. The highest BCUT2D eigenvalue weighted by Crippen LogP contribution is 2.25. The second-order valence-electron chi connectivity index (χ2n) is 4.67. The minimum atomic E-state index is -0.998. The van der Waals surface area contributed by atoms with Crippen LogP contribution in [0.25, 0.3) is 11.1 Å². The number of hydrogen-bond acceptors (Lipinski definition) is 2. The van der Waals surface area contributed by atoms with E-state index in [-0.39, 0.29) is 18.0 Å². The largest absolute Gasteiger partial charge is 0.347 e. The van der Waals surface area contributed by atoms with Gasteiger partial charge in [-0.05, 0) is 12.1 Å². The zero-order valence-corrected chi connectivity index (χ0v) is 11.6. The Hall–Kier alpha value is -2.68. The summed E-state index contributed by atoms with van der Waals surface area (Å²) in [6, 6.07) is 1.99. The number of hydrogen-bond donors (Lipinski definition) is 0. The fourth-order valence-corrected chi connectivity index (χ4v) is 1.77. The Morgan fingerprint density at radius 1 is 1.38 bits per heavy atom. The normalized spacial score (nSPS) is 10.2. The Morgan fingerprint density at radius 3 is 2.67 bits per heavy atom. The number of aromatic nitrogens is 2. The fourth-order valence-electron chi connectivity index (χ4n) is 1.77. The maximum absolute atomic E-state index is 13.4. The molecule has 2 aromatic rings. The summed E-state index contributed by atoms with van der Waals surface area (Å²) in [5.41, 5.74) is 1.11. The van der Waals surface area contributed by atoms with Crippen molar-refractivity contribution in [2.75, 3.05) is 14.1 Å². The van der Waals surface area contributed by atoms with Gasteiger partial charge in [-0.1, -0.05) is 5.92 Å². The minimum Gasteiger partial charge on any atom is -0.347 e. The van der Waals surface area contributed by atoms with Gasteiger partial charge in [0, 0.05) is 37.0 Å². The van der Waals surface area contributed by atoms with Crippen LogP contribution in [0.1, 0.15) is 5.56 Å². The third-order valence-corrected chi connectivity index (χ3v) is 2.96. The molecule has 0 radical (unpaired) electrons. The molecule has 0 aliphatic rings. The number of terminal acetylenes is 1. The first kappa shape index (κ1) is 14.7. The molecule has 108 valence electrons. The van der Waals surface area contributed by atoms with Crippen molar-refractivity contribution in [2.45, 2.75) is 6.54 Å². The summed E-state index contributed by atoms with van der Waals surface area (Å²) in [7, 11) is 3.27. The summed E-state index contributed by atoms with van der Waals surface area (Å²) in [6.45, 7) is 0.0576. The quantitative estimate of drug-likeness (QED) is 0.809. The molecule has 0 saturated heterocycles. The van der Waals surface area contributed by atoms with Gasteiger partial charge in [0.2, 0.25) is 5.91 Å². The van der Waals surface area contributed by atoms with Crippen LogP contribution in [0.3, 0.4) is 0 Å². The second-order valence-corrected chi connectivity index (χ2v) is 4.67. The molecule has 0 aliphatic heterocycles. The summed E-state index contributed by atoms with van der Waals surface area (Å²) < 4.78 is 28.0. The van der Waals surface area contributed by atoms with Gasteiger partial charge in [0.25, 0.3) is 0 Å². The van der Waals surface area contributed by atoms with Crippen LogP contribution in [0, 0.1) is 24.0 Å². The van der Waals surface area contributed by atoms with E-state index in [1.54, 1.807) is 20.3 Å². The Kier molecular flexibility index (Phi) is 4.03. The van der Waals surface area contributed by atoms with Crippen LogP contribution in [-0.4, -0.2) is 34.7 Å². The molecule has 0 atom stereocenters. The predicted octanol–water partition coefficient (Wildman–Crippen LogP) is 1.90. The molecular weight excluding hydrogens is 276 g/mol. The maximum Gasteiger partial charge on any atom is 0.243 e. The molecule has 1 aromatic carbocycles. The lowest BCUT2D eigenvalue weighted by Gasteiger charge is -2.09. The number of rotatable bonds is 3. The molecular formula is C15H13F2N3O. The van der Waals surface area contributed by atoms with Gasteiger partial charge in [-0.2, -0.15) is 5.10 Å². The average molecular weight is 289 g/mol. The van der Waals surface area contributed by atoms with E-state index in [4.69, 9.17) is 6.42 Å². The van der Waals surface area contributed by atoms with Crippen molar-refractivity contribution in [1.29, 1.82) is 0 Å². The van der Waals surface area contributed by atoms with E-state index in [0.717, 1.165) is 12.1 Å². The van der Waals surface area contributed by atoms with Crippen molar-refractivity contribution >= 4 is 5.91 Å². The number of halogens is 2. The Labute approximate surface area is 121 Å². The molecule has 1 amide bonds. The number of nitrogens with zero attached hydrogens (tertiary/aromatic N) is 3. The van der Waals surface area contributed by atoms with Gasteiger partial charge >= 0.3 is 0 Å². The van der Waals surface area contributed by atoms with E-state index in [9.17, 15) is 13.6 Å². The number of benzene rings is 1. The van der Waals surface area contributed by atoms with E-state index < -0.39 is 11.6 Å². The van der Waals surface area contributed by atoms with Crippen molar-refractivity contribution in [3.05, 3.63) is 41.7 Å². The Balaban J connectivity index is 2.36. The van der Waals surface area contributed by atoms with Gasteiger partial charge in [0.1, 0.15) is 6.54 Å². The van der Waals surface area contributed by atoms with Crippen LogP contribution >= 0.6 is 0 Å². The number of likely N-dealkylation sites (N-methyl/N-ethyl adjacent to an activating group) is 1. The summed E-state index contributed by atoms with van der Waals surface area (Å²) in [4.78, 5) is 13.0. The molecule has 6 heteroatoms. The minimum absolute atomic E-state index is 0.0576. The van der Waals surface area contributed by atoms with Crippen molar-refractivity contribution in [3.8, 4) is 23.5 Å². The Morgan fingerprint density at radius 2 is 2.05 bits per heavy atom. The summed E-state index contributed by atoms with van der Waals surface area (Å²) in [5, 5.41) is 4.03. The number of carbonyl (C=O) groups excluding carboxylic acids is 1. The smallest absolute Gasteiger partial charge is 0.243 e. The average Bonchev–Trinajstić information content (AvgIpc) is 2.89. The van der Waals surface area contributed by atoms with Gasteiger partial charge in [0.05, 0.1) is 6.20 Å². The third-order valence-electron chi connectivity index (χ3n) is 2.96. The molecule has 0 bridgehead atoms. The lowest BCUT2D eigenvalue weighted by atomic mass is 10.0. The van der Waals surface area contributed by atoms with E-state index in [1.807, 2.05) is 0 Å². The molecule has 0 fully saturated rings. The summed E-state index contributed by atoms with van der Waals surface area (Å²) in [5.74, 6) is 0.196. The van der Waals surface area contributed by atoms with Crippen molar-refractivity contribution in [1.82, 2.24) is 14.7 Å². The van der Waals surface area contributed by atoms with Crippen LogP contribution in [0.4, 0.5) is 8.78 Å². The first-order chi connectivity index (χ1) is 9.92. The number of carbonyl (C=O) groups is 1. The molecule has 2 rings (SSSR count). The van der Waals surface area contributed by atoms with Crippen LogP contribution in [0.2, 0.25) is 0 Å². The zero-order valence-electron chi connectivity index (χ0n) is 11.6. The van der Waals surface area contributed by atoms with E-state index >= 15 is 0 Å². The lowest BCUT2D eigenvalue weighted by Crippen LogP contribution is -2.26. The molecule has 0 N–H and O–H groups in total. The molecule has 0 aliphatic carbocycles. The zero-order chi connectivity index (χ0) is 15.6. The third kappa shape index (κ3) is 3.08. The first-order valence-corrected chi connectivity index (χ1v) is 6.11. The van der Waals surface area contributed by atoms with Crippen molar-refractivity contribution < 1.29 is 13.6 Å². The standard InChI is InChI=1S/C15H13F2N3O/c1-4-10-5-13(16)14(17)6-12(10)11-7-18-20(8-11)9-15(21)19(2)3/h1,5-8H,9H2,2-3H3. The van der Waals surface area contributed by atoms with E-state index in [0.29, 0.717) is 11.1 Å². The Bertz CT molecular complexity index is 729. The van der Waals surface area contributed by atoms with Gasteiger partial charge in [-0.15, -0.1) is 6.42 Å². The van der Waals surface area contributed by atoms with Crippen LogP contribution in [-0.2, 0) is 11.3 Å². The first-order valence-electron chi connectivity index (χ1n) is 6.11. The fraction of sp³-hybridized carbons (Fsp3) is 0.200. The monoisotopic (exact) mass is 289 g/mol. The van der Waals surface area contributed by atoms with Crippen molar-refractivity contribution in [2.24, 2.45) is 0 Å². The van der Waals surface area contributed by atoms with Crippen LogP contribution in [0.5, 0.6) is 0 Å². The highest BCUT2D eigenvalue weighted by atomic mass is 19.2. The molecule has 1 aromatic heterocycles. The van der Waals surface area contributed by atoms with Gasteiger partial charge < -0.3 is 4.90 Å². The highest BCUT2D eigenvalue weighted by molar-refractivity contribution is 5.75. The molecule has 21 heavy (non-hydrogen) atoms. The predicted molar refractivity (Wildman–Crippen MR) is 74.2 cm³/mol. The maximum atomic E-state index is 13.4. The molecule has 0 unspecified atom stereocenters. The van der Waals surface area contributed by atoms with Crippen LogP contribution < -0.4 is 0 Å². The molecule has 4 nitrogen and oxygen atoms in total. The summed E-state index contributed by atoms with van der Waals surface area (Å²) in [6.07, 6.45) is 8.33. The van der Waals surface area contributed by atoms with Crippen LogP contribution in [0.15, 0.2) is 24.5 Å². The van der Waals surface area contributed by atoms with Crippen molar-refractivity contribution in [3.63, 3.8) is 0 Å². The second kappa shape index (κ2) is 5.75.